The van der Waals surface area contributed by atoms with Crippen molar-refractivity contribution in [3.05, 3.63) is 63.6 Å². The van der Waals surface area contributed by atoms with Crippen LogP contribution >= 0.6 is 15.9 Å². The minimum Gasteiger partial charge on any atom is -0.399 e. The molecule has 2 aromatic carbocycles. The molecule has 1 aliphatic heterocycles. The van der Waals surface area contributed by atoms with E-state index in [0.717, 1.165) is 9.37 Å². The summed E-state index contributed by atoms with van der Waals surface area (Å²) >= 11 is 3.28. The lowest BCUT2D eigenvalue weighted by Gasteiger charge is -2.14. The first-order chi connectivity index (χ1) is 13.4. The predicted octanol–water partition coefficient (Wildman–Crippen LogP) is 2.16. The monoisotopic (exact) mass is 444 g/mol. The Hall–Kier alpha value is -3.20. The number of urea groups is 1. The lowest BCUT2D eigenvalue weighted by Crippen LogP contribution is -2.41. The van der Waals surface area contributed by atoms with Crippen molar-refractivity contribution in [2.75, 3.05) is 18.8 Å². The number of fused-ring (bicyclic) bond motifs is 1. The summed E-state index contributed by atoms with van der Waals surface area (Å²) < 4.78 is 0.721. The van der Waals surface area contributed by atoms with E-state index in [0.29, 0.717) is 28.8 Å². The molecule has 0 aliphatic carbocycles. The van der Waals surface area contributed by atoms with E-state index >= 15 is 0 Å². The Morgan fingerprint density at radius 3 is 2.39 bits per heavy atom. The number of carbonyl (C=O) groups excluding carboxylic acids is 4. The molecule has 144 valence electrons. The number of hydrogen-bond donors (Lipinski definition) is 3. The number of imide groups is 2. The topological polar surface area (TPSA) is 122 Å². The smallest absolute Gasteiger partial charge is 0.321 e. The Morgan fingerprint density at radius 1 is 1.00 bits per heavy atom. The van der Waals surface area contributed by atoms with Gasteiger partial charge in [0.05, 0.1) is 11.1 Å². The van der Waals surface area contributed by atoms with Crippen molar-refractivity contribution in [3.63, 3.8) is 0 Å². The van der Waals surface area contributed by atoms with Gasteiger partial charge in [-0.25, -0.2) is 4.79 Å². The summed E-state index contributed by atoms with van der Waals surface area (Å²) in [5.41, 5.74) is 7.10. The van der Waals surface area contributed by atoms with Crippen LogP contribution in [0.2, 0.25) is 0 Å². The minimum atomic E-state index is -0.659. The molecule has 3 rings (SSSR count). The van der Waals surface area contributed by atoms with Gasteiger partial charge in [-0.15, -0.1) is 0 Å². The number of nitrogen functional groups attached to an aromatic ring is 1. The lowest BCUT2D eigenvalue weighted by molar-refractivity contribution is 0.0653. The second-order valence-corrected chi connectivity index (χ2v) is 7.05. The SMILES string of the molecule is Nc1ccc(C(=O)NC(=O)NCCCN2C(=O)c3ccc(Br)cc3C2=O)cc1. The van der Waals surface area contributed by atoms with Crippen molar-refractivity contribution < 1.29 is 19.2 Å². The van der Waals surface area contributed by atoms with Gasteiger partial charge in [-0.3, -0.25) is 24.6 Å². The van der Waals surface area contributed by atoms with Crippen LogP contribution in [0.4, 0.5) is 10.5 Å². The maximum atomic E-state index is 12.3. The van der Waals surface area contributed by atoms with Gasteiger partial charge in [0.15, 0.2) is 0 Å². The number of hydrogen-bond acceptors (Lipinski definition) is 5. The molecule has 9 heteroatoms. The maximum absolute atomic E-state index is 12.3. The van der Waals surface area contributed by atoms with Crippen LogP contribution in [0.3, 0.4) is 0 Å². The summed E-state index contributed by atoms with van der Waals surface area (Å²) in [6.07, 6.45) is 0.357. The molecule has 0 fully saturated rings. The van der Waals surface area contributed by atoms with Crippen molar-refractivity contribution in [1.29, 1.82) is 0 Å². The number of nitrogens with two attached hydrogens (primary N) is 1. The van der Waals surface area contributed by atoms with Crippen LogP contribution < -0.4 is 16.4 Å². The highest BCUT2D eigenvalue weighted by molar-refractivity contribution is 9.10. The van der Waals surface area contributed by atoms with Gasteiger partial charge in [0, 0.05) is 28.8 Å². The van der Waals surface area contributed by atoms with Crippen LogP contribution in [0.25, 0.3) is 0 Å². The quantitative estimate of drug-likeness (QED) is 0.370. The fraction of sp³-hybridized carbons (Fsp3) is 0.158. The summed E-state index contributed by atoms with van der Waals surface area (Å²) in [4.78, 5) is 49.6. The van der Waals surface area contributed by atoms with Crippen LogP contribution in [0.5, 0.6) is 0 Å². The Bertz CT molecular complexity index is 959. The maximum Gasteiger partial charge on any atom is 0.321 e. The molecule has 1 heterocycles. The number of nitrogens with zero attached hydrogens (tertiary/aromatic N) is 1. The van der Waals surface area contributed by atoms with Crippen LogP contribution in [0, 0.1) is 0 Å². The van der Waals surface area contributed by atoms with Crippen LogP contribution in [0.1, 0.15) is 37.5 Å². The molecular weight excluding hydrogens is 428 g/mol. The first kappa shape index (κ1) is 19.6. The second kappa shape index (κ2) is 8.22. The third-order valence-corrected chi connectivity index (χ3v) is 4.67. The average Bonchev–Trinajstić information content (AvgIpc) is 2.89. The summed E-state index contributed by atoms with van der Waals surface area (Å²) in [5, 5.41) is 4.73. The van der Waals surface area contributed by atoms with Crippen molar-refractivity contribution in [2.24, 2.45) is 0 Å². The molecule has 0 saturated heterocycles. The van der Waals surface area contributed by atoms with Crippen molar-refractivity contribution >= 4 is 45.4 Å². The molecule has 0 atom stereocenters. The third-order valence-electron chi connectivity index (χ3n) is 4.18. The Kier molecular flexibility index (Phi) is 5.74. The zero-order valence-corrected chi connectivity index (χ0v) is 16.3. The zero-order valence-electron chi connectivity index (χ0n) is 14.7. The Balaban J connectivity index is 1.45. The van der Waals surface area contributed by atoms with Gasteiger partial charge in [0.1, 0.15) is 0 Å². The highest BCUT2D eigenvalue weighted by atomic mass is 79.9. The molecule has 2 aromatic rings. The van der Waals surface area contributed by atoms with Gasteiger partial charge in [0.2, 0.25) is 0 Å². The normalized spacial score (nSPS) is 12.7. The largest absolute Gasteiger partial charge is 0.399 e. The second-order valence-electron chi connectivity index (χ2n) is 6.14. The van der Waals surface area contributed by atoms with E-state index in [9.17, 15) is 19.2 Å². The number of nitrogens with one attached hydrogen (secondary N) is 2. The van der Waals surface area contributed by atoms with E-state index < -0.39 is 11.9 Å². The average molecular weight is 445 g/mol. The molecule has 0 aromatic heterocycles. The van der Waals surface area contributed by atoms with Crippen molar-refractivity contribution in [3.8, 4) is 0 Å². The van der Waals surface area contributed by atoms with E-state index in [4.69, 9.17) is 5.73 Å². The molecule has 0 bridgehead atoms. The molecule has 1 aliphatic rings. The first-order valence-corrected chi connectivity index (χ1v) is 9.26. The molecule has 0 spiro atoms. The van der Waals surface area contributed by atoms with E-state index in [2.05, 4.69) is 26.6 Å². The highest BCUT2D eigenvalue weighted by Gasteiger charge is 2.34. The summed E-state index contributed by atoms with van der Waals surface area (Å²) in [6.45, 7) is 0.355. The number of anilines is 1. The molecule has 5 amide bonds. The van der Waals surface area contributed by atoms with Crippen molar-refractivity contribution in [1.82, 2.24) is 15.5 Å². The van der Waals surface area contributed by atoms with Crippen LogP contribution in [-0.4, -0.2) is 41.7 Å². The standard InChI is InChI=1S/C19H17BrN4O4/c20-12-4-7-14-15(10-12)18(27)24(17(14)26)9-1-8-22-19(28)23-16(25)11-2-5-13(21)6-3-11/h2-7,10H,1,8-9,21H2,(H2,22,23,25,28). The number of carbonyl (C=O) groups is 4. The summed E-state index contributed by atoms with van der Waals surface area (Å²) in [7, 11) is 0. The number of benzene rings is 2. The lowest BCUT2D eigenvalue weighted by atomic mass is 10.1. The molecule has 0 radical (unpaired) electrons. The van der Waals surface area contributed by atoms with Gasteiger partial charge in [-0.2, -0.15) is 0 Å². The number of halogens is 1. The van der Waals surface area contributed by atoms with E-state index in [1.165, 1.54) is 12.1 Å². The fourth-order valence-electron chi connectivity index (χ4n) is 2.76. The fourth-order valence-corrected chi connectivity index (χ4v) is 3.12. The van der Waals surface area contributed by atoms with Crippen LogP contribution in [0.15, 0.2) is 46.9 Å². The van der Waals surface area contributed by atoms with Gasteiger partial charge < -0.3 is 11.1 Å². The first-order valence-electron chi connectivity index (χ1n) is 8.47. The molecule has 0 unspecified atom stereocenters. The Morgan fingerprint density at radius 2 is 1.68 bits per heavy atom. The highest BCUT2D eigenvalue weighted by Crippen LogP contribution is 2.25. The molecule has 0 saturated carbocycles. The Labute approximate surface area is 169 Å². The van der Waals surface area contributed by atoms with Gasteiger partial charge >= 0.3 is 6.03 Å². The molecule has 28 heavy (non-hydrogen) atoms. The van der Waals surface area contributed by atoms with Gasteiger partial charge in [-0.1, -0.05) is 15.9 Å². The van der Waals surface area contributed by atoms with E-state index in [-0.39, 0.29) is 24.9 Å². The summed E-state index contributed by atoms with van der Waals surface area (Å²) in [6, 6.07) is 10.4. The summed E-state index contributed by atoms with van der Waals surface area (Å²) in [5.74, 6) is -1.26. The minimum absolute atomic E-state index is 0.163. The van der Waals surface area contributed by atoms with Gasteiger partial charge in [-0.05, 0) is 48.9 Å². The van der Waals surface area contributed by atoms with E-state index in [1.807, 2.05) is 0 Å². The number of rotatable bonds is 5. The molecule has 4 N–H and O–H groups in total. The van der Waals surface area contributed by atoms with E-state index in [1.54, 1.807) is 30.3 Å². The van der Waals surface area contributed by atoms with Crippen molar-refractivity contribution in [2.45, 2.75) is 6.42 Å². The predicted molar refractivity (Wildman–Crippen MR) is 106 cm³/mol. The zero-order chi connectivity index (χ0) is 20.3. The van der Waals surface area contributed by atoms with Gasteiger partial charge in [0.25, 0.3) is 17.7 Å². The third kappa shape index (κ3) is 4.20. The number of amides is 5. The molecular formula is C19H17BrN4O4. The molecule has 8 nitrogen and oxygen atoms in total. The van der Waals surface area contributed by atoms with Crippen LogP contribution in [-0.2, 0) is 0 Å².